The second-order valence-corrected chi connectivity index (χ2v) is 6.22. The van der Waals surface area contributed by atoms with Crippen molar-refractivity contribution in [3.05, 3.63) is 35.4 Å². The smallest absolute Gasteiger partial charge is 0.126 e. The van der Waals surface area contributed by atoms with Crippen LogP contribution >= 0.6 is 0 Å². The molecule has 22 heavy (non-hydrogen) atoms. The maximum atomic E-state index is 13.2. The fraction of sp³-hybridized carbons (Fsp3) is 0.647. The van der Waals surface area contributed by atoms with Gasteiger partial charge in [-0.3, -0.25) is 4.90 Å². The molecule has 0 amide bonds. The number of piperidine rings is 1. The molecule has 2 saturated heterocycles. The average Bonchev–Trinajstić information content (AvgIpc) is 2.99. The lowest BCUT2D eigenvalue weighted by molar-refractivity contribution is -0.0426. The van der Waals surface area contributed by atoms with E-state index >= 15 is 0 Å². The highest BCUT2D eigenvalue weighted by molar-refractivity contribution is 5.17. The highest BCUT2D eigenvalue weighted by Crippen LogP contribution is 2.19. The Hall–Kier alpha value is -1.04. The molecule has 0 aromatic heterocycles. The van der Waals surface area contributed by atoms with Crippen LogP contribution in [-0.4, -0.2) is 43.4 Å². The van der Waals surface area contributed by atoms with E-state index in [2.05, 4.69) is 4.90 Å². The van der Waals surface area contributed by atoms with E-state index in [1.807, 2.05) is 0 Å². The number of benzene rings is 1. The summed E-state index contributed by atoms with van der Waals surface area (Å²) in [5, 5.41) is 0. The Bertz CT molecular complexity index is 463. The molecule has 2 aliphatic heterocycles. The molecule has 1 aromatic rings. The lowest BCUT2D eigenvalue weighted by Crippen LogP contribution is -2.37. The first kappa shape index (κ1) is 15.8. The first-order valence-electron chi connectivity index (χ1n) is 8.09. The molecule has 2 fully saturated rings. The summed E-state index contributed by atoms with van der Waals surface area (Å²) >= 11 is 0. The third-order valence-corrected chi connectivity index (χ3v) is 4.40. The van der Waals surface area contributed by atoms with Crippen LogP contribution in [0.15, 0.2) is 18.2 Å². The number of halogens is 2. The fourth-order valence-corrected chi connectivity index (χ4v) is 3.21. The van der Waals surface area contributed by atoms with Gasteiger partial charge in [0.25, 0.3) is 0 Å². The standard InChI is InChI=1S/C17H23F2NO2/c18-14-8-13(9-15(19)10-14)11-20-5-3-16(4-6-20)22-12-17-2-1-7-21-17/h8-10,16-17H,1-7,11-12H2/t17-/m1/s1. The molecule has 0 aliphatic carbocycles. The normalized spacial score (nSPS) is 24.0. The summed E-state index contributed by atoms with van der Waals surface area (Å²) < 4.78 is 37.9. The number of likely N-dealkylation sites (tertiary alicyclic amines) is 1. The summed E-state index contributed by atoms with van der Waals surface area (Å²) in [4.78, 5) is 2.22. The first-order chi connectivity index (χ1) is 10.7. The zero-order valence-electron chi connectivity index (χ0n) is 12.8. The number of ether oxygens (including phenoxy) is 2. The van der Waals surface area contributed by atoms with Crippen molar-refractivity contribution in [2.75, 3.05) is 26.3 Å². The van der Waals surface area contributed by atoms with Gasteiger partial charge in [0.05, 0.1) is 18.8 Å². The molecule has 2 heterocycles. The number of nitrogens with zero attached hydrogens (tertiary/aromatic N) is 1. The topological polar surface area (TPSA) is 21.7 Å². The number of hydrogen-bond acceptors (Lipinski definition) is 3. The van der Waals surface area contributed by atoms with Crippen LogP contribution in [0.25, 0.3) is 0 Å². The van der Waals surface area contributed by atoms with E-state index in [1.54, 1.807) is 0 Å². The second kappa shape index (κ2) is 7.49. The highest BCUT2D eigenvalue weighted by Gasteiger charge is 2.22. The monoisotopic (exact) mass is 311 g/mol. The molecule has 122 valence electrons. The van der Waals surface area contributed by atoms with Crippen LogP contribution in [0.3, 0.4) is 0 Å². The summed E-state index contributed by atoms with van der Waals surface area (Å²) in [5.41, 5.74) is 0.691. The molecular weight excluding hydrogens is 288 g/mol. The van der Waals surface area contributed by atoms with Crippen molar-refractivity contribution in [1.29, 1.82) is 0 Å². The maximum Gasteiger partial charge on any atom is 0.126 e. The van der Waals surface area contributed by atoms with Gasteiger partial charge in [0, 0.05) is 32.3 Å². The van der Waals surface area contributed by atoms with Crippen molar-refractivity contribution in [2.45, 2.75) is 44.4 Å². The van der Waals surface area contributed by atoms with Crippen LogP contribution < -0.4 is 0 Å². The Balaban J connectivity index is 1.41. The van der Waals surface area contributed by atoms with Crippen molar-refractivity contribution >= 4 is 0 Å². The van der Waals surface area contributed by atoms with Gasteiger partial charge in [-0.05, 0) is 43.4 Å². The zero-order chi connectivity index (χ0) is 15.4. The van der Waals surface area contributed by atoms with Crippen LogP contribution in [0, 0.1) is 11.6 Å². The molecule has 0 unspecified atom stereocenters. The summed E-state index contributed by atoms with van der Waals surface area (Å²) in [6.07, 6.45) is 4.72. The van der Waals surface area contributed by atoms with Gasteiger partial charge in [-0.2, -0.15) is 0 Å². The third-order valence-electron chi connectivity index (χ3n) is 4.40. The van der Waals surface area contributed by atoms with Gasteiger partial charge in [0.1, 0.15) is 11.6 Å². The molecule has 0 spiro atoms. The van der Waals surface area contributed by atoms with Gasteiger partial charge in [0.2, 0.25) is 0 Å². The predicted molar refractivity (Wildman–Crippen MR) is 79.6 cm³/mol. The van der Waals surface area contributed by atoms with Crippen molar-refractivity contribution in [3.8, 4) is 0 Å². The summed E-state index contributed by atoms with van der Waals surface area (Å²) in [7, 11) is 0. The SMILES string of the molecule is Fc1cc(F)cc(CN2CCC(OC[C@H]3CCCO3)CC2)c1. The molecule has 0 N–H and O–H groups in total. The lowest BCUT2D eigenvalue weighted by Gasteiger charge is -2.32. The van der Waals surface area contributed by atoms with E-state index in [1.165, 1.54) is 12.1 Å². The Morgan fingerprint density at radius 2 is 1.82 bits per heavy atom. The zero-order valence-corrected chi connectivity index (χ0v) is 12.8. The van der Waals surface area contributed by atoms with E-state index in [0.29, 0.717) is 18.7 Å². The van der Waals surface area contributed by atoms with Crippen molar-refractivity contribution in [3.63, 3.8) is 0 Å². The molecule has 5 heteroatoms. The minimum atomic E-state index is -0.509. The second-order valence-electron chi connectivity index (χ2n) is 6.22. The largest absolute Gasteiger partial charge is 0.376 e. The van der Waals surface area contributed by atoms with E-state index in [0.717, 1.165) is 51.4 Å². The van der Waals surface area contributed by atoms with Crippen LogP contribution in [0.5, 0.6) is 0 Å². The molecule has 0 saturated carbocycles. The van der Waals surface area contributed by atoms with Gasteiger partial charge in [-0.15, -0.1) is 0 Å². The van der Waals surface area contributed by atoms with Crippen LogP contribution in [0.1, 0.15) is 31.2 Å². The molecule has 0 bridgehead atoms. The van der Waals surface area contributed by atoms with Gasteiger partial charge in [-0.25, -0.2) is 8.78 Å². The fourth-order valence-electron chi connectivity index (χ4n) is 3.21. The van der Waals surface area contributed by atoms with E-state index in [-0.39, 0.29) is 12.2 Å². The Morgan fingerprint density at radius 1 is 1.09 bits per heavy atom. The average molecular weight is 311 g/mol. The summed E-state index contributed by atoms with van der Waals surface area (Å²) in [6.45, 7) is 3.94. The van der Waals surface area contributed by atoms with E-state index in [9.17, 15) is 8.78 Å². The van der Waals surface area contributed by atoms with Gasteiger partial charge >= 0.3 is 0 Å². The molecule has 1 atom stereocenters. The number of rotatable bonds is 5. The van der Waals surface area contributed by atoms with Crippen LogP contribution in [0.2, 0.25) is 0 Å². The Kier molecular flexibility index (Phi) is 5.39. The minimum Gasteiger partial charge on any atom is -0.376 e. The molecule has 3 nitrogen and oxygen atoms in total. The summed E-state index contributed by atoms with van der Waals surface area (Å²) in [5.74, 6) is -1.02. The molecule has 2 aliphatic rings. The van der Waals surface area contributed by atoms with Crippen molar-refractivity contribution in [1.82, 2.24) is 4.90 Å². The minimum absolute atomic E-state index is 0.272. The first-order valence-corrected chi connectivity index (χ1v) is 8.09. The lowest BCUT2D eigenvalue weighted by atomic mass is 10.1. The Morgan fingerprint density at radius 3 is 2.45 bits per heavy atom. The van der Waals surface area contributed by atoms with Crippen LogP contribution in [-0.2, 0) is 16.0 Å². The van der Waals surface area contributed by atoms with Crippen LogP contribution in [0.4, 0.5) is 8.78 Å². The van der Waals surface area contributed by atoms with Gasteiger partial charge in [0.15, 0.2) is 0 Å². The predicted octanol–water partition coefficient (Wildman–Crippen LogP) is 3.12. The van der Waals surface area contributed by atoms with Crippen molar-refractivity contribution < 1.29 is 18.3 Å². The molecule has 1 aromatic carbocycles. The molecule has 0 radical (unpaired) electrons. The quantitative estimate of drug-likeness (QED) is 0.834. The van der Waals surface area contributed by atoms with Gasteiger partial charge in [-0.1, -0.05) is 0 Å². The third kappa shape index (κ3) is 4.48. The Labute approximate surface area is 130 Å². The maximum absolute atomic E-state index is 13.2. The van der Waals surface area contributed by atoms with Gasteiger partial charge < -0.3 is 9.47 Å². The van der Waals surface area contributed by atoms with E-state index < -0.39 is 11.6 Å². The highest BCUT2D eigenvalue weighted by atomic mass is 19.1. The molecular formula is C17H23F2NO2. The summed E-state index contributed by atoms with van der Waals surface area (Å²) in [6, 6.07) is 3.72. The van der Waals surface area contributed by atoms with Crippen molar-refractivity contribution in [2.24, 2.45) is 0 Å². The molecule has 3 rings (SSSR count). The number of hydrogen-bond donors (Lipinski definition) is 0. The van der Waals surface area contributed by atoms with E-state index in [4.69, 9.17) is 9.47 Å².